The lowest BCUT2D eigenvalue weighted by Gasteiger charge is -2.10. The molecule has 1 aromatic rings. The molecule has 4 heteroatoms. The largest absolute Gasteiger partial charge is 0.465 e. The molecule has 0 amide bonds. The monoisotopic (exact) mass is 219 g/mol. The first-order chi connectivity index (χ1) is 7.69. The van der Waals surface area contributed by atoms with Crippen LogP contribution in [0.3, 0.4) is 0 Å². The molecule has 16 heavy (non-hydrogen) atoms. The fourth-order valence-electron chi connectivity index (χ4n) is 2.13. The van der Waals surface area contributed by atoms with E-state index in [0.717, 1.165) is 18.5 Å². The van der Waals surface area contributed by atoms with Gasteiger partial charge in [-0.1, -0.05) is 12.7 Å². The number of rotatable bonds is 2. The smallest absolute Gasteiger partial charge is 0.340 e. The molecule has 0 saturated carbocycles. The van der Waals surface area contributed by atoms with Crippen LogP contribution in [0, 0.1) is 0 Å². The number of hydrogen-bond acceptors (Lipinski definition) is 3. The Balaban J connectivity index is 2.75. The van der Waals surface area contributed by atoms with Crippen LogP contribution < -0.4 is 5.56 Å². The van der Waals surface area contributed by atoms with Gasteiger partial charge in [-0.05, 0) is 18.4 Å². The van der Waals surface area contributed by atoms with E-state index in [9.17, 15) is 9.59 Å². The van der Waals surface area contributed by atoms with Crippen molar-refractivity contribution in [3.8, 4) is 0 Å². The molecule has 1 aromatic heterocycles. The summed E-state index contributed by atoms with van der Waals surface area (Å²) in [7, 11) is 1.34. The Bertz CT molecular complexity index is 514. The van der Waals surface area contributed by atoms with E-state index in [1.54, 1.807) is 4.57 Å². The number of methoxy groups -OCH3 is 1. The molecule has 0 spiro atoms. The van der Waals surface area contributed by atoms with E-state index < -0.39 is 5.97 Å². The summed E-state index contributed by atoms with van der Waals surface area (Å²) in [5, 5.41) is 0. The van der Waals surface area contributed by atoms with E-state index >= 15 is 0 Å². The molecule has 0 aromatic carbocycles. The van der Waals surface area contributed by atoms with Crippen molar-refractivity contribution in [1.29, 1.82) is 0 Å². The van der Waals surface area contributed by atoms with E-state index in [0.29, 0.717) is 17.7 Å². The summed E-state index contributed by atoms with van der Waals surface area (Å²) in [6.07, 6.45) is 3.15. The Labute approximate surface area is 93.2 Å². The summed E-state index contributed by atoms with van der Waals surface area (Å²) >= 11 is 0. The highest BCUT2D eigenvalue weighted by molar-refractivity contribution is 5.94. The summed E-state index contributed by atoms with van der Waals surface area (Å²) in [4.78, 5) is 23.4. The molecule has 0 saturated heterocycles. The van der Waals surface area contributed by atoms with Crippen molar-refractivity contribution in [3.05, 3.63) is 39.8 Å². The molecule has 2 heterocycles. The topological polar surface area (TPSA) is 48.3 Å². The van der Waals surface area contributed by atoms with E-state index in [1.165, 1.54) is 19.3 Å². The van der Waals surface area contributed by atoms with Crippen molar-refractivity contribution in [2.24, 2.45) is 0 Å². The van der Waals surface area contributed by atoms with Crippen LogP contribution in [0.1, 0.15) is 28.0 Å². The number of fused-ring (bicyclic) bond motifs is 1. The van der Waals surface area contributed by atoms with Gasteiger partial charge >= 0.3 is 5.97 Å². The fourth-order valence-corrected chi connectivity index (χ4v) is 2.13. The number of hydrogen-bond donors (Lipinski definition) is 0. The van der Waals surface area contributed by atoms with E-state index in [1.807, 2.05) is 0 Å². The van der Waals surface area contributed by atoms with Crippen LogP contribution in [-0.4, -0.2) is 17.6 Å². The summed E-state index contributed by atoms with van der Waals surface area (Å²) in [6.45, 7) is 4.30. The molecule has 0 radical (unpaired) electrons. The van der Waals surface area contributed by atoms with Crippen molar-refractivity contribution in [1.82, 2.24) is 4.57 Å². The second-order valence-corrected chi connectivity index (χ2v) is 3.71. The van der Waals surface area contributed by atoms with E-state index in [4.69, 9.17) is 4.74 Å². The van der Waals surface area contributed by atoms with Crippen LogP contribution in [0.5, 0.6) is 0 Å². The predicted octanol–water partition coefficient (Wildman–Crippen LogP) is 1.22. The van der Waals surface area contributed by atoms with Gasteiger partial charge in [0.1, 0.15) is 0 Å². The zero-order chi connectivity index (χ0) is 11.7. The lowest BCUT2D eigenvalue weighted by atomic mass is 10.0. The van der Waals surface area contributed by atoms with Crippen molar-refractivity contribution in [3.63, 3.8) is 0 Å². The van der Waals surface area contributed by atoms with Gasteiger partial charge in [-0.3, -0.25) is 4.79 Å². The van der Waals surface area contributed by atoms with Crippen molar-refractivity contribution >= 4 is 12.0 Å². The summed E-state index contributed by atoms with van der Waals surface area (Å²) in [5.41, 5.74) is 1.74. The molecule has 0 aliphatic carbocycles. The second-order valence-electron chi connectivity index (χ2n) is 3.71. The van der Waals surface area contributed by atoms with Gasteiger partial charge in [-0.2, -0.15) is 0 Å². The minimum Gasteiger partial charge on any atom is -0.465 e. The molecule has 1 aliphatic heterocycles. The molecule has 0 unspecified atom stereocenters. The van der Waals surface area contributed by atoms with Crippen LogP contribution in [0.15, 0.2) is 17.4 Å². The zero-order valence-electron chi connectivity index (χ0n) is 9.16. The van der Waals surface area contributed by atoms with Crippen molar-refractivity contribution in [2.45, 2.75) is 19.4 Å². The summed E-state index contributed by atoms with van der Waals surface area (Å²) < 4.78 is 6.38. The average molecular weight is 219 g/mol. The van der Waals surface area contributed by atoms with Gasteiger partial charge in [-0.25, -0.2) is 4.79 Å². The third-order valence-electron chi connectivity index (χ3n) is 2.85. The average Bonchev–Trinajstić information content (AvgIpc) is 2.77. The highest BCUT2D eigenvalue weighted by Gasteiger charge is 2.23. The van der Waals surface area contributed by atoms with Gasteiger partial charge in [0.05, 0.1) is 12.7 Å². The maximum Gasteiger partial charge on any atom is 0.340 e. The van der Waals surface area contributed by atoms with Gasteiger partial charge in [-0.15, -0.1) is 0 Å². The molecular weight excluding hydrogens is 206 g/mol. The molecule has 1 aliphatic rings. The number of pyridine rings is 1. The number of ether oxygens (including phenoxy) is 1. The summed E-state index contributed by atoms with van der Waals surface area (Å²) in [5.74, 6) is -0.402. The maximum atomic E-state index is 11.7. The normalized spacial score (nSPS) is 13.3. The Kier molecular flexibility index (Phi) is 2.64. The van der Waals surface area contributed by atoms with E-state index in [-0.39, 0.29) is 5.56 Å². The Hall–Kier alpha value is -1.84. The van der Waals surface area contributed by atoms with Gasteiger partial charge in [0.25, 0.3) is 5.56 Å². The first kappa shape index (κ1) is 10.7. The lowest BCUT2D eigenvalue weighted by molar-refractivity contribution is 0.0598. The molecular formula is C12H13NO3. The third-order valence-corrected chi connectivity index (χ3v) is 2.85. The molecule has 84 valence electrons. The molecule has 0 N–H and O–H groups in total. The number of nitrogens with zero attached hydrogens (tertiary/aromatic N) is 1. The zero-order valence-corrected chi connectivity index (χ0v) is 9.16. The van der Waals surface area contributed by atoms with Crippen molar-refractivity contribution in [2.75, 3.05) is 7.11 Å². The van der Waals surface area contributed by atoms with Crippen LogP contribution in [0.4, 0.5) is 0 Å². The molecule has 2 rings (SSSR count). The SMILES string of the molecule is C=Cc1cc(=O)n2c(c1C(=O)OC)CCC2. The number of carbonyl (C=O) groups is 1. The van der Waals surface area contributed by atoms with Crippen LogP contribution >= 0.6 is 0 Å². The highest BCUT2D eigenvalue weighted by Crippen LogP contribution is 2.21. The Morgan fingerprint density at radius 1 is 1.62 bits per heavy atom. The van der Waals surface area contributed by atoms with Crippen LogP contribution in [0.25, 0.3) is 6.08 Å². The highest BCUT2D eigenvalue weighted by atomic mass is 16.5. The van der Waals surface area contributed by atoms with Crippen molar-refractivity contribution < 1.29 is 9.53 Å². The van der Waals surface area contributed by atoms with Crippen LogP contribution in [-0.2, 0) is 17.7 Å². The minimum atomic E-state index is -0.402. The Morgan fingerprint density at radius 2 is 2.38 bits per heavy atom. The van der Waals surface area contributed by atoms with Gasteiger partial charge in [0.15, 0.2) is 0 Å². The predicted molar refractivity (Wildman–Crippen MR) is 60.5 cm³/mol. The molecule has 4 nitrogen and oxygen atoms in total. The summed E-state index contributed by atoms with van der Waals surface area (Å²) in [6, 6.07) is 1.44. The minimum absolute atomic E-state index is 0.0740. The second kappa shape index (κ2) is 3.96. The molecule has 0 bridgehead atoms. The number of carbonyl (C=O) groups excluding carboxylic acids is 1. The lowest BCUT2D eigenvalue weighted by Crippen LogP contribution is -2.23. The van der Waals surface area contributed by atoms with Crippen LogP contribution in [0.2, 0.25) is 0 Å². The first-order valence-corrected chi connectivity index (χ1v) is 5.16. The standard InChI is InChI=1S/C12H13NO3/c1-3-8-7-10(14)13-6-4-5-9(13)11(8)12(15)16-2/h3,7H,1,4-6H2,2H3. The van der Waals surface area contributed by atoms with Gasteiger partial charge in [0, 0.05) is 18.3 Å². The quantitative estimate of drug-likeness (QED) is 0.703. The number of aromatic nitrogens is 1. The third kappa shape index (κ3) is 1.46. The number of esters is 1. The first-order valence-electron chi connectivity index (χ1n) is 5.16. The molecule has 0 fully saturated rings. The van der Waals surface area contributed by atoms with Gasteiger partial charge in [0.2, 0.25) is 0 Å². The Morgan fingerprint density at radius 3 is 3.00 bits per heavy atom. The fraction of sp³-hybridized carbons (Fsp3) is 0.333. The van der Waals surface area contributed by atoms with Gasteiger partial charge < -0.3 is 9.30 Å². The van der Waals surface area contributed by atoms with E-state index in [2.05, 4.69) is 6.58 Å². The maximum absolute atomic E-state index is 11.7. The molecule has 0 atom stereocenters.